The smallest absolute Gasteiger partial charge is 0.227 e. The van der Waals surface area contributed by atoms with Crippen molar-refractivity contribution in [2.45, 2.75) is 58.1 Å². The number of anilines is 1. The maximum atomic E-state index is 11.8. The molecule has 1 aliphatic heterocycles. The van der Waals surface area contributed by atoms with Gasteiger partial charge in [-0.05, 0) is 43.9 Å². The Hall–Kier alpha value is -1.39. The van der Waals surface area contributed by atoms with Crippen LogP contribution in [-0.2, 0) is 4.79 Å². The largest absolute Gasteiger partial charge is 0.389 e. The van der Waals surface area contributed by atoms with Gasteiger partial charge in [0.2, 0.25) is 5.91 Å². The molecule has 0 aliphatic carbocycles. The van der Waals surface area contributed by atoms with Crippen LogP contribution in [0, 0.1) is 0 Å². The molecule has 1 aliphatic rings. The van der Waals surface area contributed by atoms with Crippen molar-refractivity contribution in [3.05, 3.63) is 29.8 Å². The Balaban J connectivity index is 1.96. The lowest BCUT2D eigenvalue weighted by atomic mass is 9.96. The van der Waals surface area contributed by atoms with Gasteiger partial charge in [0.15, 0.2) is 0 Å². The van der Waals surface area contributed by atoms with E-state index >= 15 is 0 Å². The summed E-state index contributed by atoms with van der Waals surface area (Å²) in [5, 5.41) is 13.7. The Kier molecular flexibility index (Phi) is 5.59. The second kappa shape index (κ2) is 7.25. The monoisotopic (exact) mass is 304 g/mol. The lowest BCUT2D eigenvalue weighted by Gasteiger charge is -2.28. The molecule has 0 bridgehead atoms. The third-order valence-corrected chi connectivity index (χ3v) is 4.83. The molecular weight excluding hydrogens is 276 g/mol. The molecule has 1 fully saturated rings. The Morgan fingerprint density at radius 2 is 1.91 bits per heavy atom. The van der Waals surface area contributed by atoms with E-state index in [0.29, 0.717) is 13.0 Å². The fraction of sp³-hybridized carbons (Fsp3) is 0.611. The minimum Gasteiger partial charge on any atom is -0.389 e. The minimum atomic E-state index is -0.629. The molecule has 1 aromatic carbocycles. The van der Waals surface area contributed by atoms with Crippen molar-refractivity contribution in [1.29, 1.82) is 0 Å². The molecule has 122 valence electrons. The number of rotatable bonds is 7. The topological polar surface area (TPSA) is 52.6 Å². The number of nitrogens with one attached hydrogen (secondary N) is 1. The van der Waals surface area contributed by atoms with E-state index in [1.807, 2.05) is 30.9 Å². The van der Waals surface area contributed by atoms with Crippen molar-refractivity contribution in [3.63, 3.8) is 0 Å². The van der Waals surface area contributed by atoms with Crippen LogP contribution in [0.5, 0.6) is 0 Å². The van der Waals surface area contributed by atoms with Gasteiger partial charge in [-0.15, -0.1) is 0 Å². The number of aliphatic hydroxyl groups is 1. The molecule has 1 amide bonds. The molecule has 0 aromatic heterocycles. The van der Waals surface area contributed by atoms with Crippen LogP contribution in [0.15, 0.2) is 24.3 Å². The van der Waals surface area contributed by atoms with E-state index in [9.17, 15) is 9.90 Å². The van der Waals surface area contributed by atoms with Crippen molar-refractivity contribution >= 4 is 11.6 Å². The fourth-order valence-corrected chi connectivity index (χ4v) is 2.83. The van der Waals surface area contributed by atoms with Gasteiger partial charge in [0.05, 0.1) is 5.60 Å². The Labute approximate surface area is 133 Å². The Morgan fingerprint density at radius 3 is 2.41 bits per heavy atom. The van der Waals surface area contributed by atoms with Crippen LogP contribution in [0.4, 0.5) is 5.69 Å². The highest BCUT2D eigenvalue weighted by Gasteiger charge is 2.23. The first-order valence-corrected chi connectivity index (χ1v) is 8.35. The van der Waals surface area contributed by atoms with Gasteiger partial charge in [0, 0.05) is 31.2 Å². The van der Waals surface area contributed by atoms with Gasteiger partial charge in [0.1, 0.15) is 0 Å². The normalized spacial score (nSPS) is 17.1. The van der Waals surface area contributed by atoms with Gasteiger partial charge in [-0.2, -0.15) is 0 Å². The number of amides is 1. The molecular formula is C18H28N2O2. The van der Waals surface area contributed by atoms with Crippen LogP contribution in [-0.4, -0.2) is 29.7 Å². The first kappa shape index (κ1) is 17.0. The summed E-state index contributed by atoms with van der Waals surface area (Å²) in [7, 11) is 0. The molecule has 2 N–H and O–H groups in total. The maximum absolute atomic E-state index is 11.8. The molecule has 4 nitrogen and oxygen atoms in total. The van der Waals surface area contributed by atoms with Crippen molar-refractivity contribution in [2.24, 2.45) is 0 Å². The van der Waals surface area contributed by atoms with E-state index < -0.39 is 5.60 Å². The molecule has 1 unspecified atom stereocenters. The van der Waals surface area contributed by atoms with Crippen LogP contribution in [0.3, 0.4) is 0 Å². The minimum absolute atomic E-state index is 0.174. The summed E-state index contributed by atoms with van der Waals surface area (Å²) in [6.45, 7) is 7.54. The third kappa shape index (κ3) is 3.87. The van der Waals surface area contributed by atoms with E-state index in [1.165, 1.54) is 5.56 Å². The highest BCUT2D eigenvalue weighted by atomic mass is 16.3. The van der Waals surface area contributed by atoms with E-state index in [1.54, 1.807) is 0 Å². The molecule has 0 spiro atoms. The molecule has 22 heavy (non-hydrogen) atoms. The fourth-order valence-electron chi connectivity index (χ4n) is 2.83. The van der Waals surface area contributed by atoms with Gasteiger partial charge >= 0.3 is 0 Å². The maximum Gasteiger partial charge on any atom is 0.227 e. The number of hydrogen-bond donors (Lipinski definition) is 2. The summed E-state index contributed by atoms with van der Waals surface area (Å²) >= 11 is 0. The van der Waals surface area contributed by atoms with Gasteiger partial charge in [-0.25, -0.2) is 0 Å². The number of hydrogen-bond acceptors (Lipinski definition) is 3. The number of nitrogens with zero attached hydrogens (tertiary/aromatic N) is 1. The lowest BCUT2D eigenvalue weighted by Crippen LogP contribution is -2.40. The summed E-state index contributed by atoms with van der Waals surface area (Å²) in [6.07, 6.45) is 3.11. The summed E-state index contributed by atoms with van der Waals surface area (Å²) in [6, 6.07) is 8.34. The SMILES string of the molecule is CCC(O)(CC)CNC(C)c1ccc(N2CCCC2=O)cc1. The Bertz CT molecular complexity index is 494. The third-order valence-electron chi connectivity index (χ3n) is 4.83. The predicted octanol–water partition coefficient (Wildman–Crippen LogP) is 3.02. The van der Waals surface area contributed by atoms with Crippen molar-refractivity contribution < 1.29 is 9.90 Å². The molecule has 0 radical (unpaired) electrons. The second-order valence-electron chi connectivity index (χ2n) is 6.27. The standard InChI is InChI=1S/C18H28N2O2/c1-4-18(22,5-2)13-19-14(3)15-8-10-16(11-9-15)20-12-6-7-17(20)21/h8-11,14,19,22H,4-7,12-13H2,1-3H3. The van der Waals surface area contributed by atoms with E-state index in [2.05, 4.69) is 24.4 Å². The Morgan fingerprint density at radius 1 is 1.27 bits per heavy atom. The molecule has 2 rings (SSSR count). The van der Waals surface area contributed by atoms with Crippen molar-refractivity contribution in [1.82, 2.24) is 5.32 Å². The van der Waals surface area contributed by atoms with Crippen LogP contribution >= 0.6 is 0 Å². The number of carbonyl (C=O) groups is 1. The van der Waals surface area contributed by atoms with Crippen molar-refractivity contribution in [2.75, 3.05) is 18.0 Å². The highest BCUT2D eigenvalue weighted by molar-refractivity contribution is 5.95. The summed E-state index contributed by atoms with van der Waals surface area (Å²) in [5.74, 6) is 0.217. The predicted molar refractivity (Wildman–Crippen MR) is 90.0 cm³/mol. The van der Waals surface area contributed by atoms with Crippen LogP contribution in [0.1, 0.15) is 58.1 Å². The number of carbonyl (C=O) groups excluding carboxylic acids is 1. The van der Waals surface area contributed by atoms with Gasteiger partial charge < -0.3 is 15.3 Å². The van der Waals surface area contributed by atoms with Crippen molar-refractivity contribution in [3.8, 4) is 0 Å². The zero-order chi connectivity index (χ0) is 16.2. The van der Waals surface area contributed by atoms with Gasteiger partial charge in [-0.3, -0.25) is 4.79 Å². The van der Waals surface area contributed by atoms with Crippen LogP contribution in [0.25, 0.3) is 0 Å². The first-order valence-electron chi connectivity index (χ1n) is 8.35. The van der Waals surface area contributed by atoms with E-state index in [4.69, 9.17) is 0 Å². The van der Waals surface area contributed by atoms with E-state index in [-0.39, 0.29) is 11.9 Å². The second-order valence-corrected chi connectivity index (χ2v) is 6.27. The lowest BCUT2D eigenvalue weighted by molar-refractivity contribution is -0.117. The molecule has 4 heteroatoms. The summed E-state index contributed by atoms with van der Waals surface area (Å²) in [4.78, 5) is 13.6. The quantitative estimate of drug-likeness (QED) is 0.814. The molecule has 1 atom stereocenters. The molecule has 1 heterocycles. The van der Waals surface area contributed by atoms with E-state index in [0.717, 1.165) is 31.5 Å². The molecule has 1 aromatic rings. The van der Waals surface area contributed by atoms with Gasteiger partial charge in [0.25, 0.3) is 0 Å². The molecule has 0 saturated carbocycles. The first-order chi connectivity index (χ1) is 10.5. The highest BCUT2D eigenvalue weighted by Crippen LogP contribution is 2.24. The zero-order valence-electron chi connectivity index (χ0n) is 13.9. The van der Waals surface area contributed by atoms with Gasteiger partial charge in [-0.1, -0.05) is 26.0 Å². The summed E-state index contributed by atoms with van der Waals surface area (Å²) < 4.78 is 0. The van der Waals surface area contributed by atoms with Crippen LogP contribution in [0.2, 0.25) is 0 Å². The average Bonchev–Trinajstić information content (AvgIpc) is 2.98. The zero-order valence-corrected chi connectivity index (χ0v) is 13.9. The molecule has 1 saturated heterocycles. The average molecular weight is 304 g/mol. The van der Waals surface area contributed by atoms with Crippen LogP contribution < -0.4 is 10.2 Å². The summed E-state index contributed by atoms with van der Waals surface area (Å²) in [5.41, 5.74) is 1.53. The number of benzene rings is 1.